The zero-order valence-corrected chi connectivity index (χ0v) is 8.58. The summed E-state index contributed by atoms with van der Waals surface area (Å²) < 4.78 is 39.7. The second-order valence-corrected chi connectivity index (χ2v) is 3.48. The van der Waals surface area contributed by atoms with Gasteiger partial charge in [0.1, 0.15) is 23.7 Å². The van der Waals surface area contributed by atoms with E-state index in [-0.39, 0.29) is 16.7 Å². The van der Waals surface area contributed by atoms with Crippen LogP contribution in [0.5, 0.6) is 0 Å². The summed E-state index contributed by atoms with van der Waals surface area (Å²) in [6.45, 7) is 0. The summed E-state index contributed by atoms with van der Waals surface area (Å²) in [5.74, 6) is -2.27. The van der Waals surface area contributed by atoms with Crippen LogP contribution in [0.2, 0.25) is 0 Å². The van der Waals surface area contributed by atoms with Gasteiger partial charge in [-0.2, -0.15) is 0 Å². The average Bonchev–Trinajstić information content (AvgIpc) is 2.30. The Morgan fingerprint density at radius 1 is 0.824 bits per heavy atom. The first kappa shape index (κ1) is 11.4. The van der Waals surface area contributed by atoms with Gasteiger partial charge in [-0.3, -0.25) is 4.79 Å². The summed E-state index contributed by atoms with van der Waals surface area (Å²) in [6, 6.07) is 6.42. The van der Waals surface area contributed by atoms with Gasteiger partial charge in [0.2, 0.25) is 0 Å². The zero-order chi connectivity index (χ0) is 12.4. The summed E-state index contributed by atoms with van der Waals surface area (Å²) in [5.41, 5.74) is 0.0878. The third-order valence-electron chi connectivity index (χ3n) is 2.35. The number of benzene rings is 2. The Hall–Kier alpha value is -2.10. The maximum Gasteiger partial charge on any atom is 0.150 e. The molecule has 0 atom stereocenters. The van der Waals surface area contributed by atoms with Gasteiger partial charge < -0.3 is 0 Å². The number of carbonyl (C=O) groups is 1. The van der Waals surface area contributed by atoms with Crippen molar-refractivity contribution >= 4 is 6.29 Å². The van der Waals surface area contributed by atoms with Gasteiger partial charge >= 0.3 is 0 Å². The molecule has 2 aromatic carbocycles. The predicted octanol–water partition coefficient (Wildman–Crippen LogP) is 3.58. The van der Waals surface area contributed by atoms with E-state index in [4.69, 9.17) is 0 Å². The molecule has 0 aliphatic carbocycles. The van der Waals surface area contributed by atoms with Crippen molar-refractivity contribution in [3.8, 4) is 11.1 Å². The fourth-order valence-corrected chi connectivity index (χ4v) is 1.53. The van der Waals surface area contributed by atoms with Crippen LogP contribution in [0.15, 0.2) is 36.4 Å². The highest BCUT2D eigenvalue weighted by atomic mass is 19.1. The lowest BCUT2D eigenvalue weighted by molar-refractivity contribution is 0.112. The molecule has 0 amide bonds. The number of hydrogen-bond donors (Lipinski definition) is 0. The molecule has 0 aromatic heterocycles. The van der Waals surface area contributed by atoms with Gasteiger partial charge in [0, 0.05) is 22.8 Å². The summed E-state index contributed by atoms with van der Waals surface area (Å²) in [5, 5.41) is 0. The molecule has 0 saturated carbocycles. The molecule has 0 fully saturated rings. The average molecular weight is 236 g/mol. The van der Waals surface area contributed by atoms with Crippen molar-refractivity contribution in [2.24, 2.45) is 0 Å². The summed E-state index contributed by atoms with van der Waals surface area (Å²) >= 11 is 0. The summed E-state index contributed by atoms with van der Waals surface area (Å²) in [6.07, 6.45) is 0.532. The smallest absolute Gasteiger partial charge is 0.150 e. The van der Waals surface area contributed by atoms with E-state index < -0.39 is 17.5 Å². The first-order chi connectivity index (χ1) is 8.11. The van der Waals surface area contributed by atoms with Gasteiger partial charge in [-0.05, 0) is 30.3 Å². The van der Waals surface area contributed by atoms with E-state index in [9.17, 15) is 18.0 Å². The van der Waals surface area contributed by atoms with Crippen LogP contribution >= 0.6 is 0 Å². The summed E-state index contributed by atoms with van der Waals surface area (Å²) in [7, 11) is 0. The molecule has 86 valence electrons. The molecule has 0 spiro atoms. The van der Waals surface area contributed by atoms with Crippen LogP contribution in [0.3, 0.4) is 0 Å². The van der Waals surface area contributed by atoms with Crippen LogP contribution in [0, 0.1) is 17.5 Å². The fraction of sp³-hybridized carbons (Fsp3) is 0. The number of aldehydes is 1. The van der Waals surface area contributed by atoms with Crippen molar-refractivity contribution in [3.63, 3.8) is 0 Å². The highest BCUT2D eigenvalue weighted by Crippen LogP contribution is 2.26. The van der Waals surface area contributed by atoms with Crippen LogP contribution in [0.1, 0.15) is 10.4 Å². The van der Waals surface area contributed by atoms with Crippen LogP contribution in [-0.4, -0.2) is 6.29 Å². The van der Waals surface area contributed by atoms with Crippen molar-refractivity contribution in [2.45, 2.75) is 0 Å². The molecule has 0 aliphatic heterocycles. The Labute approximate surface area is 95.5 Å². The maximum absolute atomic E-state index is 13.5. The van der Waals surface area contributed by atoms with E-state index >= 15 is 0 Å². The van der Waals surface area contributed by atoms with Crippen LogP contribution in [0.4, 0.5) is 13.2 Å². The minimum atomic E-state index is -0.869. The molecule has 0 saturated heterocycles. The van der Waals surface area contributed by atoms with Crippen molar-refractivity contribution in [2.75, 3.05) is 0 Å². The van der Waals surface area contributed by atoms with E-state index in [0.29, 0.717) is 12.4 Å². The van der Waals surface area contributed by atoms with Crippen molar-refractivity contribution < 1.29 is 18.0 Å². The molecule has 0 bridgehead atoms. The topological polar surface area (TPSA) is 17.1 Å². The van der Waals surface area contributed by atoms with E-state index in [1.807, 2.05) is 0 Å². The Morgan fingerprint density at radius 2 is 1.59 bits per heavy atom. The second-order valence-electron chi connectivity index (χ2n) is 3.48. The van der Waals surface area contributed by atoms with Crippen molar-refractivity contribution in [3.05, 3.63) is 59.4 Å². The van der Waals surface area contributed by atoms with E-state index in [2.05, 4.69) is 0 Å². The molecule has 17 heavy (non-hydrogen) atoms. The third kappa shape index (κ3) is 2.20. The predicted molar refractivity (Wildman–Crippen MR) is 57.1 cm³/mol. The molecule has 0 aliphatic rings. The monoisotopic (exact) mass is 236 g/mol. The third-order valence-corrected chi connectivity index (χ3v) is 2.35. The molecule has 2 rings (SSSR count). The number of halogens is 3. The SMILES string of the molecule is O=Cc1ccc(F)c(-c2ccc(F)cc2F)c1. The molecular formula is C13H7F3O. The fourth-order valence-electron chi connectivity index (χ4n) is 1.53. The van der Waals surface area contributed by atoms with Gasteiger partial charge in [-0.1, -0.05) is 0 Å². The molecule has 4 heteroatoms. The highest BCUT2D eigenvalue weighted by Gasteiger charge is 2.11. The van der Waals surface area contributed by atoms with Gasteiger partial charge in [0.05, 0.1) is 0 Å². The quantitative estimate of drug-likeness (QED) is 0.728. The normalized spacial score (nSPS) is 10.3. The minimum Gasteiger partial charge on any atom is -0.298 e. The minimum absolute atomic E-state index is 0.0629. The lowest BCUT2D eigenvalue weighted by Gasteiger charge is -2.05. The van der Waals surface area contributed by atoms with Gasteiger partial charge in [0.15, 0.2) is 0 Å². The van der Waals surface area contributed by atoms with Crippen LogP contribution in [-0.2, 0) is 0 Å². The largest absolute Gasteiger partial charge is 0.298 e. The summed E-state index contributed by atoms with van der Waals surface area (Å²) in [4.78, 5) is 10.6. The van der Waals surface area contributed by atoms with E-state index in [1.54, 1.807) is 0 Å². The molecule has 0 radical (unpaired) electrons. The molecule has 0 unspecified atom stereocenters. The second kappa shape index (κ2) is 4.41. The standard InChI is InChI=1S/C13H7F3O/c14-9-2-3-10(13(16)6-9)11-5-8(7-17)1-4-12(11)15/h1-7H. The van der Waals surface area contributed by atoms with Crippen LogP contribution < -0.4 is 0 Å². The van der Waals surface area contributed by atoms with Gasteiger partial charge in [-0.25, -0.2) is 13.2 Å². The van der Waals surface area contributed by atoms with E-state index in [1.165, 1.54) is 12.1 Å². The lowest BCUT2D eigenvalue weighted by Crippen LogP contribution is -1.92. The van der Waals surface area contributed by atoms with Crippen LogP contribution in [0.25, 0.3) is 11.1 Å². The first-order valence-corrected chi connectivity index (χ1v) is 4.82. The highest BCUT2D eigenvalue weighted by molar-refractivity contribution is 5.79. The molecule has 1 nitrogen and oxygen atoms in total. The Morgan fingerprint density at radius 3 is 2.24 bits per heavy atom. The molecular weight excluding hydrogens is 229 g/mol. The van der Waals surface area contributed by atoms with Crippen molar-refractivity contribution in [1.29, 1.82) is 0 Å². The first-order valence-electron chi connectivity index (χ1n) is 4.82. The lowest BCUT2D eigenvalue weighted by atomic mass is 10.0. The molecule has 0 heterocycles. The number of carbonyl (C=O) groups excluding carboxylic acids is 1. The Balaban J connectivity index is 2.63. The maximum atomic E-state index is 13.5. The van der Waals surface area contributed by atoms with Gasteiger partial charge in [-0.15, -0.1) is 0 Å². The molecule has 2 aromatic rings. The van der Waals surface area contributed by atoms with E-state index in [0.717, 1.165) is 18.2 Å². The number of hydrogen-bond acceptors (Lipinski definition) is 1. The molecule has 0 N–H and O–H groups in total. The van der Waals surface area contributed by atoms with Crippen molar-refractivity contribution in [1.82, 2.24) is 0 Å². The zero-order valence-electron chi connectivity index (χ0n) is 8.58. The Kier molecular flexibility index (Phi) is 2.95. The number of rotatable bonds is 2. The van der Waals surface area contributed by atoms with Gasteiger partial charge in [0.25, 0.3) is 0 Å². The Bertz CT molecular complexity index is 579.